The fourth-order valence-electron chi connectivity index (χ4n) is 1.68. The van der Waals surface area contributed by atoms with E-state index in [-0.39, 0.29) is 12.5 Å². The predicted octanol–water partition coefficient (Wildman–Crippen LogP) is 1.14. The summed E-state index contributed by atoms with van der Waals surface area (Å²) in [6.45, 7) is 4.09. The van der Waals surface area contributed by atoms with Crippen LogP contribution in [0.2, 0.25) is 0 Å². The maximum Gasteiger partial charge on any atom is 0.239 e. The van der Waals surface area contributed by atoms with E-state index < -0.39 is 0 Å². The van der Waals surface area contributed by atoms with Gasteiger partial charge < -0.3 is 5.73 Å². The van der Waals surface area contributed by atoms with Gasteiger partial charge in [-0.2, -0.15) is 5.10 Å². The van der Waals surface area contributed by atoms with E-state index in [2.05, 4.69) is 5.10 Å². The minimum atomic E-state index is -0.373. The zero-order valence-corrected chi connectivity index (χ0v) is 8.82. The van der Waals surface area contributed by atoms with Gasteiger partial charge in [0.2, 0.25) is 5.91 Å². The first-order chi connectivity index (χ1) is 7.08. The lowest BCUT2D eigenvalue weighted by Crippen LogP contribution is -2.20. The van der Waals surface area contributed by atoms with Crippen LogP contribution in [0.25, 0.3) is 10.9 Å². The second-order valence-corrected chi connectivity index (χ2v) is 3.73. The maximum absolute atomic E-state index is 10.8. The van der Waals surface area contributed by atoms with Gasteiger partial charge >= 0.3 is 0 Å². The number of carbonyl (C=O) groups excluding carboxylic acids is 1. The van der Waals surface area contributed by atoms with Gasteiger partial charge in [0, 0.05) is 11.1 Å². The van der Waals surface area contributed by atoms with Gasteiger partial charge in [0.1, 0.15) is 6.54 Å². The molecule has 0 aliphatic heterocycles. The molecule has 0 aliphatic rings. The van der Waals surface area contributed by atoms with Gasteiger partial charge in [-0.15, -0.1) is 0 Å². The van der Waals surface area contributed by atoms with Crippen LogP contribution in [0.3, 0.4) is 0 Å². The van der Waals surface area contributed by atoms with Gasteiger partial charge in [-0.05, 0) is 25.5 Å². The predicted molar refractivity (Wildman–Crippen MR) is 58.4 cm³/mol. The molecule has 0 fully saturated rings. The first kappa shape index (κ1) is 9.71. The van der Waals surface area contributed by atoms with E-state index in [1.54, 1.807) is 4.68 Å². The molecule has 1 aromatic heterocycles. The molecule has 1 aromatic carbocycles. The Morgan fingerprint density at radius 2 is 2.20 bits per heavy atom. The highest BCUT2D eigenvalue weighted by atomic mass is 16.1. The zero-order chi connectivity index (χ0) is 11.0. The first-order valence-corrected chi connectivity index (χ1v) is 4.80. The molecule has 1 heterocycles. The van der Waals surface area contributed by atoms with E-state index in [1.807, 2.05) is 32.0 Å². The lowest BCUT2D eigenvalue weighted by molar-refractivity contribution is -0.118. The molecule has 2 aromatic rings. The first-order valence-electron chi connectivity index (χ1n) is 4.80. The summed E-state index contributed by atoms with van der Waals surface area (Å²) >= 11 is 0. The van der Waals surface area contributed by atoms with E-state index in [1.165, 1.54) is 0 Å². The Kier molecular flexibility index (Phi) is 2.19. The number of hydrogen-bond donors (Lipinski definition) is 1. The summed E-state index contributed by atoms with van der Waals surface area (Å²) < 4.78 is 1.65. The summed E-state index contributed by atoms with van der Waals surface area (Å²) in [5.74, 6) is -0.373. The molecule has 0 atom stereocenters. The van der Waals surface area contributed by atoms with Crippen molar-refractivity contribution in [2.75, 3.05) is 0 Å². The van der Waals surface area contributed by atoms with Crippen molar-refractivity contribution in [3.05, 3.63) is 29.5 Å². The number of nitrogens with zero attached hydrogens (tertiary/aromatic N) is 2. The fraction of sp³-hybridized carbons (Fsp3) is 0.273. The number of benzene rings is 1. The molecule has 4 heteroatoms. The summed E-state index contributed by atoms with van der Waals surface area (Å²) in [4.78, 5) is 10.8. The molecule has 0 saturated heterocycles. The van der Waals surface area contributed by atoms with Crippen LogP contribution in [0.1, 0.15) is 11.3 Å². The number of fused-ring (bicyclic) bond motifs is 1. The monoisotopic (exact) mass is 203 g/mol. The minimum Gasteiger partial charge on any atom is -0.368 e. The summed E-state index contributed by atoms with van der Waals surface area (Å²) in [6, 6.07) is 6.05. The number of rotatable bonds is 2. The highest BCUT2D eigenvalue weighted by molar-refractivity contribution is 5.83. The van der Waals surface area contributed by atoms with E-state index in [0.717, 1.165) is 22.2 Å². The Labute approximate surface area is 87.7 Å². The topological polar surface area (TPSA) is 60.9 Å². The van der Waals surface area contributed by atoms with E-state index >= 15 is 0 Å². The van der Waals surface area contributed by atoms with Gasteiger partial charge in [0.05, 0.1) is 5.52 Å². The molecule has 0 aliphatic carbocycles. The maximum atomic E-state index is 10.8. The molecular weight excluding hydrogens is 190 g/mol. The second kappa shape index (κ2) is 3.38. The highest BCUT2D eigenvalue weighted by Gasteiger charge is 2.08. The van der Waals surface area contributed by atoms with E-state index in [9.17, 15) is 4.79 Å². The number of aromatic nitrogens is 2. The van der Waals surface area contributed by atoms with Crippen molar-refractivity contribution in [1.29, 1.82) is 0 Å². The van der Waals surface area contributed by atoms with Crippen LogP contribution in [0.4, 0.5) is 0 Å². The Hall–Kier alpha value is -1.84. The molecule has 4 nitrogen and oxygen atoms in total. The Balaban J connectivity index is 2.58. The molecule has 2 rings (SSSR count). The third-order valence-electron chi connectivity index (χ3n) is 2.46. The van der Waals surface area contributed by atoms with Crippen molar-refractivity contribution in [1.82, 2.24) is 9.78 Å². The molecule has 0 saturated carbocycles. The van der Waals surface area contributed by atoms with Gasteiger partial charge in [-0.25, -0.2) is 0 Å². The van der Waals surface area contributed by atoms with Crippen LogP contribution in [-0.2, 0) is 11.3 Å². The van der Waals surface area contributed by atoms with Crippen LogP contribution in [0.15, 0.2) is 18.2 Å². The quantitative estimate of drug-likeness (QED) is 0.795. The lowest BCUT2D eigenvalue weighted by atomic mass is 10.1. The molecule has 15 heavy (non-hydrogen) atoms. The fourth-order valence-corrected chi connectivity index (χ4v) is 1.68. The molecule has 1 amide bonds. The van der Waals surface area contributed by atoms with Crippen molar-refractivity contribution in [2.24, 2.45) is 5.73 Å². The number of amides is 1. The van der Waals surface area contributed by atoms with Crippen LogP contribution >= 0.6 is 0 Å². The van der Waals surface area contributed by atoms with Crippen LogP contribution < -0.4 is 5.73 Å². The average molecular weight is 203 g/mol. The van der Waals surface area contributed by atoms with E-state index in [0.29, 0.717) is 0 Å². The summed E-state index contributed by atoms with van der Waals surface area (Å²) in [5.41, 5.74) is 8.19. The SMILES string of the molecule is Cc1ccc2c(C)n(CC(N)=O)nc2c1. The minimum absolute atomic E-state index is 0.138. The van der Waals surface area contributed by atoms with Crippen molar-refractivity contribution >= 4 is 16.8 Å². The van der Waals surface area contributed by atoms with Crippen molar-refractivity contribution in [3.63, 3.8) is 0 Å². The summed E-state index contributed by atoms with van der Waals surface area (Å²) in [6.07, 6.45) is 0. The normalized spacial score (nSPS) is 10.8. The molecule has 0 radical (unpaired) electrons. The van der Waals surface area contributed by atoms with Crippen LogP contribution in [0, 0.1) is 13.8 Å². The van der Waals surface area contributed by atoms with Gasteiger partial charge in [-0.1, -0.05) is 12.1 Å². The van der Waals surface area contributed by atoms with Crippen molar-refractivity contribution < 1.29 is 4.79 Å². The van der Waals surface area contributed by atoms with Crippen molar-refractivity contribution in [3.8, 4) is 0 Å². The third-order valence-corrected chi connectivity index (χ3v) is 2.46. The average Bonchev–Trinajstić information content (AvgIpc) is 2.42. The molecule has 2 N–H and O–H groups in total. The summed E-state index contributed by atoms with van der Waals surface area (Å²) in [7, 11) is 0. The molecule has 0 bridgehead atoms. The van der Waals surface area contributed by atoms with Gasteiger partial charge in [0.25, 0.3) is 0 Å². The second-order valence-electron chi connectivity index (χ2n) is 3.73. The molecule has 78 valence electrons. The molecule has 0 spiro atoms. The molecule has 0 unspecified atom stereocenters. The Morgan fingerprint density at radius 3 is 2.87 bits per heavy atom. The number of hydrogen-bond acceptors (Lipinski definition) is 2. The number of carbonyl (C=O) groups is 1. The number of primary amides is 1. The zero-order valence-electron chi connectivity index (χ0n) is 8.82. The standard InChI is InChI=1S/C11H13N3O/c1-7-3-4-9-8(2)14(6-11(12)15)13-10(9)5-7/h3-5H,6H2,1-2H3,(H2,12,15). The number of aryl methyl sites for hydroxylation is 2. The lowest BCUT2D eigenvalue weighted by Gasteiger charge is -1.98. The van der Waals surface area contributed by atoms with Gasteiger partial charge in [0.15, 0.2) is 0 Å². The number of nitrogens with two attached hydrogens (primary N) is 1. The van der Waals surface area contributed by atoms with Crippen molar-refractivity contribution in [2.45, 2.75) is 20.4 Å². The van der Waals surface area contributed by atoms with Crippen LogP contribution in [-0.4, -0.2) is 15.7 Å². The Morgan fingerprint density at radius 1 is 1.47 bits per heavy atom. The molecular formula is C11H13N3O. The third kappa shape index (κ3) is 1.70. The largest absolute Gasteiger partial charge is 0.368 e. The smallest absolute Gasteiger partial charge is 0.239 e. The van der Waals surface area contributed by atoms with E-state index in [4.69, 9.17) is 5.73 Å². The Bertz CT molecular complexity index is 528. The summed E-state index contributed by atoms with van der Waals surface area (Å²) in [5, 5.41) is 5.40. The van der Waals surface area contributed by atoms with Crippen LogP contribution in [0.5, 0.6) is 0 Å². The van der Waals surface area contributed by atoms with Gasteiger partial charge in [-0.3, -0.25) is 9.48 Å². The highest BCUT2D eigenvalue weighted by Crippen LogP contribution is 2.18.